The highest BCUT2D eigenvalue weighted by molar-refractivity contribution is 5.73. The Hall–Kier alpha value is -1.39. The Bertz CT molecular complexity index is 440. The van der Waals surface area contributed by atoms with Gasteiger partial charge in [-0.15, -0.1) is 0 Å². The van der Waals surface area contributed by atoms with Crippen LogP contribution in [0.1, 0.15) is 24.0 Å². The van der Waals surface area contributed by atoms with Crippen LogP contribution in [-0.4, -0.2) is 35.1 Å². The molecule has 0 spiro atoms. The van der Waals surface area contributed by atoms with E-state index in [2.05, 4.69) is 36.1 Å². The minimum Gasteiger partial charge on any atom is -0.480 e. The molecule has 0 radical (unpaired) electrons. The van der Waals surface area contributed by atoms with Gasteiger partial charge >= 0.3 is 5.97 Å². The Labute approximate surface area is 114 Å². The van der Waals surface area contributed by atoms with E-state index in [0.717, 1.165) is 32.5 Å². The van der Waals surface area contributed by atoms with E-state index in [0.29, 0.717) is 0 Å². The third-order valence-corrected chi connectivity index (χ3v) is 3.91. The number of benzene rings is 1. The molecular weight excluding hydrogens is 240 g/mol. The first kappa shape index (κ1) is 14.0. The second kappa shape index (κ2) is 6.17. The summed E-state index contributed by atoms with van der Waals surface area (Å²) in [6, 6.07) is 7.82. The Morgan fingerprint density at radius 3 is 2.74 bits per heavy atom. The number of carbonyl (C=O) groups is 1. The molecule has 1 aromatic rings. The van der Waals surface area contributed by atoms with E-state index in [9.17, 15) is 4.79 Å². The van der Waals surface area contributed by atoms with Crippen molar-refractivity contribution in [1.82, 2.24) is 4.90 Å². The minimum absolute atomic E-state index is 0.117. The number of nitrogens with zero attached hydrogens (tertiary/aromatic N) is 1. The quantitative estimate of drug-likeness (QED) is 0.865. The van der Waals surface area contributed by atoms with Gasteiger partial charge in [0.25, 0.3) is 0 Å². The molecule has 0 saturated carbocycles. The summed E-state index contributed by atoms with van der Waals surface area (Å²) in [5.41, 5.74) is 8.29. The fourth-order valence-corrected chi connectivity index (χ4v) is 2.74. The van der Waals surface area contributed by atoms with Crippen molar-refractivity contribution in [2.45, 2.75) is 32.4 Å². The molecule has 1 unspecified atom stereocenters. The molecular formula is C15H22N2O2. The van der Waals surface area contributed by atoms with Crippen LogP contribution in [0.25, 0.3) is 0 Å². The number of aryl methyl sites for hydroxylation is 1. The maximum atomic E-state index is 10.9. The number of rotatable bonds is 4. The van der Waals surface area contributed by atoms with Crippen LogP contribution < -0.4 is 5.73 Å². The highest BCUT2D eigenvalue weighted by Crippen LogP contribution is 2.21. The average Bonchev–Trinajstić information content (AvgIpc) is 2.39. The molecule has 4 heteroatoms. The van der Waals surface area contributed by atoms with Gasteiger partial charge in [0.15, 0.2) is 0 Å². The number of hydrogen-bond donors (Lipinski definition) is 2. The molecule has 1 saturated heterocycles. The first-order chi connectivity index (χ1) is 9.06. The van der Waals surface area contributed by atoms with Gasteiger partial charge < -0.3 is 10.8 Å². The summed E-state index contributed by atoms with van der Waals surface area (Å²) >= 11 is 0. The smallest absolute Gasteiger partial charge is 0.320 e. The predicted octanol–water partition coefficient (Wildman–Crippen LogP) is 1.62. The molecule has 1 atom stereocenters. The monoisotopic (exact) mass is 262 g/mol. The Morgan fingerprint density at radius 1 is 1.47 bits per heavy atom. The van der Waals surface area contributed by atoms with Crippen LogP contribution in [-0.2, 0) is 11.3 Å². The number of aliphatic carboxylic acids is 1. The van der Waals surface area contributed by atoms with Crippen molar-refractivity contribution in [1.29, 1.82) is 0 Å². The predicted molar refractivity (Wildman–Crippen MR) is 74.8 cm³/mol. The van der Waals surface area contributed by atoms with Gasteiger partial charge in [0.2, 0.25) is 0 Å². The molecule has 2 rings (SSSR count). The lowest BCUT2D eigenvalue weighted by atomic mass is 9.90. The SMILES string of the molecule is Cc1cccc(CN2CCC(C(N)C(=O)O)CC2)c1. The van der Waals surface area contributed by atoms with Crippen molar-refractivity contribution in [3.05, 3.63) is 35.4 Å². The fraction of sp³-hybridized carbons (Fsp3) is 0.533. The summed E-state index contributed by atoms with van der Waals surface area (Å²) in [6.07, 6.45) is 1.75. The molecule has 0 aliphatic carbocycles. The van der Waals surface area contributed by atoms with Crippen LogP contribution in [0.2, 0.25) is 0 Å². The molecule has 1 aliphatic rings. The van der Waals surface area contributed by atoms with Crippen LogP contribution in [0.5, 0.6) is 0 Å². The average molecular weight is 262 g/mol. The van der Waals surface area contributed by atoms with E-state index in [4.69, 9.17) is 10.8 Å². The minimum atomic E-state index is -0.878. The number of hydrogen-bond acceptors (Lipinski definition) is 3. The van der Waals surface area contributed by atoms with Crippen molar-refractivity contribution in [2.75, 3.05) is 13.1 Å². The molecule has 1 fully saturated rings. The highest BCUT2D eigenvalue weighted by Gasteiger charge is 2.28. The zero-order chi connectivity index (χ0) is 13.8. The van der Waals surface area contributed by atoms with Gasteiger partial charge in [-0.25, -0.2) is 0 Å². The van der Waals surface area contributed by atoms with Crippen LogP contribution in [0, 0.1) is 12.8 Å². The second-order valence-corrected chi connectivity index (χ2v) is 5.47. The summed E-state index contributed by atoms with van der Waals surface area (Å²) in [5, 5.41) is 8.93. The number of nitrogens with two attached hydrogens (primary N) is 1. The van der Waals surface area contributed by atoms with Crippen molar-refractivity contribution in [3.8, 4) is 0 Å². The highest BCUT2D eigenvalue weighted by atomic mass is 16.4. The lowest BCUT2D eigenvalue weighted by molar-refractivity contribution is -0.140. The summed E-state index contributed by atoms with van der Waals surface area (Å²) < 4.78 is 0. The summed E-state index contributed by atoms with van der Waals surface area (Å²) in [4.78, 5) is 13.2. The lowest BCUT2D eigenvalue weighted by Crippen LogP contribution is -2.44. The number of carboxylic acid groups (broad SMARTS) is 1. The van der Waals surface area contributed by atoms with Crippen LogP contribution in [0.4, 0.5) is 0 Å². The zero-order valence-corrected chi connectivity index (χ0v) is 11.4. The van der Waals surface area contributed by atoms with Crippen molar-refractivity contribution >= 4 is 5.97 Å². The van der Waals surface area contributed by atoms with Gasteiger partial charge in [-0.2, -0.15) is 0 Å². The van der Waals surface area contributed by atoms with Gasteiger partial charge in [-0.1, -0.05) is 29.8 Å². The van der Waals surface area contributed by atoms with Crippen LogP contribution >= 0.6 is 0 Å². The Balaban J connectivity index is 1.85. The van der Waals surface area contributed by atoms with E-state index in [1.54, 1.807) is 0 Å². The van der Waals surface area contributed by atoms with Crippen LogP contribution in [0.3, 0.4) is 0 Å². The first-order valence-electron chi connectivity index (χ1n) is 6.82. The normalized spacial score (nSPS) is 19.3. The molecule has 3 N–H and O–H groups in total. The standard InChI is InChI=1S/C15H22N2O2/c1-11-3-2-4-12(9-11)10-17-7-5-13(6-8-17)14(16)15(18)19/h2-4,9,13-14H,5-8,10,16H2,1H3,(H,18,19). The van der Waals surface area contributed by atoms with Crippen LogP contribution in [0.15, 0.2) is 24.3 Å². The lowest BCUT2D eigenvalue weighted by Gasteiger charge is -2.33. The first-order valence-corrected chi connectivity index (χ1v) is 6.82. The largest absolute Gasteiger partial charge is 0.480 e. The molecule has 0 aromatic heterocycles. The molecule has 1 aliphatic heterocycles. The zero-order valence-electron chi connectivity index (χ0n) is 11.4. The molecule has 0 amide bonds. The third-order valence-electron chi connectivity index (χ3n) is 3.91. The van der Waals surface area contributed by atoms with E-state index >= 15 is 0 Å². The number of piperidine rings is 1. The molecule has 1 heterocycles. The van der Waals surface area contributed by atoms with E-state index in [-0.39, 0.29) is 5.92 Å². The van der Waals surface area contributed by atoms with Gasteiger partial charge in [0.1, 0.15) is 6.04 Å². The molecule has 4 nitrogen and oxygen atoms in total. The van der Waals surface area contributed by atoms with Crippen molar-refractivity contribution < 1.29 is 9.90 Å². The number of likely N-dealkylation sites (tertiary alicyclic amines) is 1. The fourth-order valence-electron chi connectivity index (χ4n) is 2.74. The third kappa shape index (κ3) is 3.78. The topological polar surface area (TPSA) is 66.6 Å². The molecule has 0 bridgehead atoms. The maximum absolute atomic E-state index is 10.9. The van der Waals surface area contributed by atoms with Gasteiger partial charge in [-0.3, -0.25) is 9.69 Å². The molecule has 104 valence electrons. The number of carboxylic acids is 1. The molecule has 1 aromatic carbocycles. The maximum Gasteiger partial charge on any atom is 0.320 e. The van der Waals surface area contributed by atoms with Gasteiger partial charge in [0.05, 0.1) is 0 Å². The van der Waals surface area contributed by atoms with Crippen molar-refractivity contribution in [3.63, 3.8) is 0 Å². The van der Waals surface area contributed by atoms with E-state index in [1.807, 2.05) is 0 Å². The summed E-state index contributed by atoms with van der Waals surface area (Å²) in [5.74, 6) is -0.761. The second-order valence-electron chi connectivity index (χ2n) is 5.47. The van der Waals surface area contributed by atoms with Gasteiger partial charge in [0, 0.05) is 6.54 Å². The van der Waals surface area contributed by atoms with Crippen molar-refractivity contribution in [2.24, 2.45) is 11.7 Å². The van der Waals surface area contributed by atoms with Gasteiger partial charge in [-0.05, 0) is 44.3 Å². The molecule has 19 heavy (non-hydrogen) atoms. The Kier molecular flexibility index (Phi) is 4.56. The Morgan fingerprint density at radius 2 is 2.16 bits per heavy atom. The summed E-state index contributed by atoms with van der Waals surface area (Å²) in [7, 11) is 0. The summed E-state index contributed by atoms with van der Waals surface area (Å²) in [6.45, 7) is 4.90. The van der Waals surface area contributed by atoms with E-state index in [1.165, 1.54) is 11.1 Å². The van der Waals surface area contributed by atoms with E-state index < -0.39 is 12.0 Å².